The molecule has 0 unspecified atom stereocenters. The summed E-state index contributed by atoms with van der Waals surface area (Å²) in [6.07, 6.45) is 3.30. The van der Waals surface area contributed by atoms with Crippen LogP contribution in [-0.2, 0) is 0 Å². The van der Waals surface area contributed by atoms with Crippen molar-refractivity contribution in [3.63, 3.8) is 0 Å². The molecule has 7 nitrogen and oxygen atoms in total. The molecule has 1 aliphatic rings. The van der Waals surface area contributed by atoms with Gasteiger partial charge in [-0.15, -0.1) is 12.4 Å². The molecule has 4 N–H and O–H groups in total. The third kappa shape index (κ3) is 2.41. The second-order valence-electron chi connectivity index (χ2n) is 4.77. The van der Waals surface area contributed by atoms with Gasteiger partial charge in [-0.3, -0.25) is 9.59 Å². The summed E-state index contributed by atoms with van der Waals surface area (Å²) in [6.45, 7) is 1.84. The standard InChI is InChI=1S/C12H15N5O2.ClH/c13-11(19)8-6-15-17-9(5-10(18)16-12(8)17)7-1-3-14-4-2-7;/h5-7,14H,1-4H2,(H2,13,19)(H,16,18);1H. The molecule has 0 atom stereocenters. The highest BCUT2D eigenvalue weighted by Gasteiger charge is 2.21. The summed E-state index contributed by atoms with van der Waals surface area (Å²) in [6, 6.07) is 1.56. The zero-order valence-electron chi connectivity index (χ0n) is 10.8. The summed E-state index contributed by atoms with van der Waals surface area (Å²) in [5.74, 6) is -0.320. The van der Waals surface area contributed by atoms with Gasteiger partial charge < -0.3 is 16.0 Å². The Kier molecular flexibility index (Phi) is 4.10. The molecular formula is C12H16ClN5O2. The van der Waals surface area contributed by atoms with E-state index in [-0.39, 0.29) is 29.4 Å². The fraction of sp³-hybridized carbons (Fsp3) is 0.417. The number of carbonyl (C=O) groups is 1. The Morgan fingerprint density at radius 3 is 2.75 bits per heavy atom. The summed E-state index contributed by atoms with van der Waals surface area (Å²) in [5.41, 5.74) is 6.51. The van der Waals surface area contributed by atoms with Crippen molar-refractivity contribution in [2.45, 2.75) is 18.8 Å². The lowest BCUT2D eigenvalue weighted by Crippen LogP contribution is -2.28. The van der Waals surface area contributed by atoms with Crippen LogP contribution in [0.25, 0.3) is 5.65 Å². The average Bonchev–Trinajstić information content (AvgIpc) is 2.82. The Hall–Kier alpha value is -1.86. The molecule has 1 amide bonds. The topological polar surface area (TPSA) is 105 Å². The summed E-state index contributed by atoms with van der Waals surface area (Å²) in [7, 11) is 0. The Morgan fingerprint density at radius 2 is 2.10 bits per heavy atom. The predicted molar refractivity (Wildman–Crippen MR) is 76.4 cm³/mol. The lowest BCUT2D eigenvalue weighted by atomic mass is 9.94. The number of fused-ring (bicyclic) bond motifs is 1. The van der Waals surface area contributed by atoms with Gasteiger partial charge in [-0.25, -0.2) is 4.52 Å². The lowest BCUT2D eigenvalue weighted by Gasteiger charge is -2.23. The Balaban J connectivity index is 0.00000147. The average molecular weight is 298 g/mol. The maximum absolute atomic E-state index is 11.8. The molecule has 0 bridgehead atoms. The van der Waals surface area contributed by atoms with Crippen LogP contribution in [0.4, 0.5) is 0 Å². The maximum Gasteiger partial charge on any atom is 0.254 e. The van der Waals surface area contributed by atoms with Gasteiger partial charge in [0.05, 0.1) is 11.9 Å². The predicted octanol–water partition coefficient (Wildman–Crippen LogP) is 0.0103. The van der Waals surface area contributed by atoms with E-state index in [2.05, 4.69) is 15.4 Å². The number of nitrogens with one attached hydrogen (secondary N) is 2. The van der Waals surface area contributed by atoms with Crippen LogP contribution in [0.5, 0.6) is 0 Å². The van der Waals surface area contributed by atoms with E-state index in [0.29, 0.717) is 5.65 Å². The normalized spacial score (nSPS) is 16.0. The minimum atomic E-state index is -0.590. The van der Waals surface area contributed by atoms with Crippen molar-refractivity contribution in [3.8, 4) is 0 Å². The number of hydrogen-bond acceptors (Lipinski definition) is 4. The van der Waals surface area contributed by atoms with E-state index in [9.17, 15) is 9.59 Å². The van der Waals surface area contributed by atoms with Gasteiger partial charge >= 0.3 is 0 Å². The number of halogens is 1. The molecule has 2 aromatic heterocycles. The fourth-order valence-electron chi connectivity index (χ4n) is 2.60. The Morgan fingerprint density at radius 1 is 1.40 bits per heavy atom. The second-order valence-corrected chi connectivity index (χ2v) is 4.77. The lowest BCUT2D eigenvalue weighted by molar-refractivity contribution is 0.100. The van der Waals surface area contributed by atoms with E-state index in [1.54, 1.807) is 10.6 Å². The monoisotopic (exact) mass is 297 g/mol. The van der Waals surface area contributed by atoms with Crippen LogP contribution in [0.15, 0.2) is 17.1 Å². The quantitative estimate of drug-likeness (QED) is 0.726. The van der Waals surface area contributed by atoms with Gasteiger partial charge in [-0.05, 0) is 25.9 Å². The summed E-state index contributed by atoms with van der Waals surface area (Å²) >= 11 is 0. The number of aromatic nitrogens is 3. The first-order valence-electron chi connectivity index (χ1n) is 6.28. The van der Waals surface area contributed by atoms with E-state index in [1.807, 2.05) is 0 Å². The van der Waals surface area contributed by atoms with E-state index >= 15 is 0 Å². The number of H-pyrrole nitrogens is 1. The van der Waals surface area contributed by atoms with Crippen LogP contribution >= 0.6 is 12.4 Å². The Bertz CT molecular complexity index is 687. The van der Waals surface area contributed by atoms with Gasteiger partial charge in [0.25, 0.3) is 11.5 Å². The summed E-state index contributed by atoms with van der Waals surface area (Å²) in [4.78, 5) is 25.7. The third-order valence-corrected chi connectivity index (χ3v) is 3.56. The van der Waals surface area contributed by atoms with E-state index in [1.165, 1.54) is 6.20 Å². The molecule has 3 rings (SSSR count). The van der Waals surface area contributed by atoms with Crippen molar-refractivity contribution in [1.82, 2.24) is 19.9 Å². The molecule has 0 radical (unpaired) electrons. The van der Waals surface area contributed by atoms with E-state index in [0.717, 1.165) is 31.6 Å². The van der Waals surface area contributed by atoms with E-state index in [4.69, 9.17) is 5.73 Å². The molecule has 0 aliphatic carbocycles. The maximum atomic E-state index is 11.8. The molecule has 1 fully saturated rings. The first kappa shape index (κ1) is 14.5. The van der Waals surface area contributed by atoms with Crippen molar-refractivity contribution >= 4 is 24.0 Å². The van der Waals surface area contributed by atoms with Gasteiger partial charge in [0.2, 0.25) is 0 Å². The third-order valence-electron chi connectivity index (χ3n) is 3.56. The number of aromatic amines is 1. The number of amides is 1. The van der Waals surface area contributed by atoms with Crippen molar-refractivity contribution in [3.05, 3.63) is 33.9 Å². The molecule has 8 heteroatoms. The largest absolute Gasteiger partial charge is 0.365 e. The molecule has 1 aliphatic heterocycles. The zero-order valence-corrected chi connectivity index (χ0v) is 11.6. The summed E-state index contributed by atoms with van der Waals surface area (Å²) in [5, 5.41) is 7.46. The van der Waals surface area contributed by atoms with Crippen LogP contribution in [0.3, 0.4) is 0 Å². The highest BCUT2D eigenvalue weighted by molar-refractivity contribution is 5.98. The molecule has 20 heavy (non-hydrogen) atoms. The number of piperidine rings is 1. The Labute approximate surface area is 121 Å². The molecular weight excluding hydrogens is 282 g/mol. The molecule has 1 saturated heterocycles. The molecule has 0 aromatic carbocycles. The van der Waals surface area contributed by atoms with Crippen LogP contribution in [0.2, 0.25) is 0 Å². The molecule has 2 aromatic rings. The minimum absolute atomic E-state index is 0. The van der Waals surface area contributed by atoms with Crippen molar-refractivity contribution in [1.29, 1.82) is 0 Å². The van der Waals surface area contributed by atoms with Crippen LogP contribution in [0.1, 0.15) is 34.8 Å². The molecule has 0 spiro atoms. The molecule has 108 valence electrons. The van der Waals surface area contributed by atoms with Crippen molar-refractivity contribution < 1.29 is 4.79 Å². The highest BCUT2D eigenvalue weighted by Crippen LogP contribution is 2.24. The van der Waals surface area contributed by atoms with Crippen LogP contribution in [0, 0.1) is 0 Å². The van der Waals surface area contributed by atoms with Gasteiger partial charge in [-0.1, -0.05) is 0 Å². The number of rotatable bonds is 2. The molecule has 3 heterocycles. The molecule has 0 saturated carbocycles. The smallest absolute Gasteiger partial charge is 0.254 e. The number of nitrogens with two attached hydrogens (primary N) is 1. The first-order valence-corrected chi connectivity index (χ1v) is 6.28. The number of primary amides is 1. The van der Waals surface area contributed by atoms with Crippen molar-refractivity contribution in [2.75, 3.05) is 13.1 Å². The fourth-order valence-corrected chi connectivity index (χ4v) is 2.60. The van der Waals surface area contributed by atoms with Crippen LogP contribution in [-0.4, -0.2) is 33.6 Å². The SMILES string of the molecule is Cl.NC(=O)c1cnn2c(C3CCNCC3)cc(=O)[nH]c12. The summed E-state index contributed by atoms with van der Waals surface area (Å²) < 4.78 is 1.62. The van der Waals surface area contributed by atoms with Gasteiger partial charge in [-0.2, -0.15) is 5.10 Å². The van der Waals surface area contributed by atoms with Gasteiger partial charge in [0.1, 0.15) is 11.2 Å². The number of hydrogen-bond donors (Lipinski definition) is 3. The van der Waals surface area contributed by atoms with E-state index < -0.39 is 5.91 Å². The van der Waals surface area contributed by atoms with Gasteiger partial charge in [0.15, 0.2) is 0 Å². The minimum Gasteiger partial charge on any atom is -0.365 e. The van der Waals surface area contributed by atoms with Gasteiger partial charge in [0, 0.05) is 12.0 Å². The number of carbonyl (C=O) groups excluding carboxylic acids is 1. The first-order chi connectivity index (χ1) is 9.16. The highest BCUT2D eigenvalue weighted by atomic mass is 35.5. The van der Waals surface area contributed by atoms with Crippen LogP contribution < -0.4 is 16.6 Å². The second kappa shape index (κ2) is 5.64. The van der Waals surface area contributed by atoms with Crippen molar-refractivity contribution in [2.24, 2.45) is 5.73 Å². The zero-order chi connectivity index (χ0) is 13.4. The number of nitrogens with zero attached hydrogens (tertiary/aromatic N) is 2.